The lowest BCUT2D eigenvalue weighted by Crippen LogP contribution is -2.30. The quantitative estimate of drug-likeness (QED) is 0.874. The molecule has 1 aliphatic carbocycles. The maximum absolute atomic E-state index is 10.0. The highest BCUT2D eigenvalue weighted by atomic mass is 16.3. The van der Waals surface area contributed by atoms with E-state index < -0.39 is 0 Å². The second-order valence-corrected chi connectivity index (χ2v) is 6.54. The van der Waals surface area contributed by atoms with Crippen molar-refractivity contribution in [3.8, 4) is 5.75 Å². The van der Waals surface area contributed by atoms with Crippen LogP contribution in [0.3, 0.4) is 0 Å². The number of hydrogen-bond acceptors (Lipinski definition) is 2. The lowest BCUT2D eigenvalue weighted by Gasteiger charge is -2.33. The number of nitrogens with zero attached hydrogens (tertiary/aromatic N) is 1. The second-order valence-electron chi connectivity index (χ2n) is 6.54. The van der Waals surface area contributed by atoms with Crippen molar-refractivity contribution < 1.29 is 5.11 Å². The average Bonchev–Trinajstić information content (AvgIpc) is 2.88. The fourth-order valence-electron chi connectivity index (χ4n) is 3.83. The van der Waals surface area contributed by atoms with Gasteiger partial charge in [-0.1, -0.05) is 26.0 Å². The van der Waals surface area contributed by atoms with E-state index >= 15 is 0 Å². The Morgan fingerprint density at radius 3 is 2.84 bits per heavy atom. The van der Waals surface area contributed by atoms with Crippen LogP contribution in [0.2, 0.25) is 0 Å². The summed E-state index contributed by atoms with van der Waals surface area (Å²) in [7, 11) is 0. The van der Waals surface area contributed by atoms with E-state index in [-0.39, 0.29) is 0 Å². The third-order valence-electron chi connectivity index (χ3n) is 5.09. The van der Waals surface area contributed by atoms with Crippen LogP contribution >= 0.6 is 0 Å². The van der Waals surface area contributed by atoms with Gasteiger partial charge in [0.2, 0.25) is 0 Å². The molecular weight excluding hydrogens is 234 g/mol. The predicted octanol–water partition coefficient (Wildman–Crippen LogP) is 3.75. The van der Waals surface area contributed by atoms with Gasteiger partial charge >= 0.3 is 0 Å². The molecule has 2 heteroatoms. The molecule has 104 valence electrons. The lowest BCUT2D eigenvalue weighted by atomic mass is 9.86. The number of aromatic hydroxyl groups is 1. The van der Waals surface area contributed by atoms with E-state index in [2.05, 4.69) is 24.8 Å². The van der Waals surface area contributed by atoms with Crippen molar-refractivity contribution in [2.24, 2.45) is 11.8 Å². The molecule has 19 heavy (non-hydrogen) atoms. The number of phenolic OH excluding ortho intramolecular Hbond substituents is 1. The smallest absolute Gasteiger partial charge is 0.119 e. The minimum atomic E-state index is 0.502. The highest BCUT2D eigenvalue weighted by molar-refractivity contribution is 5.42. The molecule has 2 unspecified atom stereocenters. The van der Waals surface area contributed by atoms with Crippen LogP contribution in [-0.2, 0) is 6.42 Å². The van der Waals surface area contributed by atoms with Gasteiger partial charge in [0.05, 0.1) is 0 Å². The van der Waals surface area contributed by atoms with Crippen molar-refractivity contribution in [1.82, 2.24) is 4.90 Å². The molecule has 0 amide bonds. The van der Waals surface area contributed by atoms with Crippen LogP contribution in [0.1, 0.15) is 50.3 Å². The summed E-state index contributed by atoms with van der Waals surface area (Å²) >= 11 is 0. The number of likely N-dealkylation sites (tertiary alicyclic amines) is 1. The first-order valence-corrected chi connectivity index (χ1v) is 7.71. The molecule has 1 fully saturated rings. The monoisotopic (exact) mass is 259 g/mol. The Bertz CT molecular complexity index is 455. The Labute approximate surface area is 116 Å². The fraction of sp³-hybridized carbons (Fsp3) is 0.647. The molecule has 0 saturated carbocycles. The molecule has 1 saturated heterocycles. The van der Waals surface area contributed by atoms with Gasteiger partial charge in [0.15, 0.2) is 0 Å². The van der Waals surface area contributed by atoms with E-state index in [1.165, 1.54) is 43.5 Å². The predicted molar refractivity (Wildman–Crippen MR) is 78.3 cm³/mol. The largest absolute Gasteiger partial charge is 0.508 e. The first-order chi connectivity index (χ1) is 9.16. The Hall–Kier alpha value is -1.02. The van der Waals surface area contributed by atoms with Gasteiger partial charge in [0.1, 0.15) is 5.75 Å². The first kappa shape index (κ1) is 13.0. The molecule has 0 spiro atoms. The summed E-state index contributed by atoms with van der Waals surface area (Å²) in [5.41, 5.74) is 2.59. The molecule has 2 atom stereocenters. The molecule has 0 radical (unpaired) electrons. The number of phenols is 1. The molecule has 1 aromatic carbocycles. The van der Waals surface area contributed by atoms with Crippen molar-refractivity contribution in [3.63, 3.8) is 0 Å². The standard InChI is InChI=1S/C17H25NO/c1-12(2)13-9-10-18(11-13)16-7-3-6-15-14(16)5-4-8-17(15)19/h4-5,8,12-13,16,19H,3,6-7,9-11H2,1-2H3. The zero-order chi connectivity index (χ0) is 13.4. The van der Waals surface area contributed by atoms with E-state index in [1.807, 2.05) is 12.1 Å². The van der Waals surface area contributed by atoms with Crippen molar-refractivity contribution in [2.75, 3.05) is 13.1 Å². The zero-order valence-electron chi connectivity index (χ0n) is 12.1. The molecule has 2 aliphatic rings. The van der Waals surface area contributed by atoms with Crippen molar-refractivity contribution >= 4 is 0 Å². The summed E-state index contributed by atoms with van der Waals surface area (Å²) in [6.45, 7) is 7.14. The fourth-order valence-corrected chi connectivity index (χ4v) is 3.83. The summed E-state index contributed by atoms with van der Waals surface area (Å²) in [5.74, 6) is 2.14. The maximum Gasteiger partial charge on any atom is 0.119 e. The Kier molecular flexibility index (Phi) is 3.53. The Balaban J connectivity index is 1.83. The third-order valence-corrected chi connectivity index (χ3v) is 5.09. The van der Waals surface area contributed by atoms with Crippen LogP contribution in [0, 0.1) is 11.8 Å². The normalized spacial score (nSPS) is 27.7. The van der Waals surface area contributed by atoms with Crippen LogP contribution in [0.15, 0.2) is 18.2 Å². The minimum absolute atomic E-state index is 0.502. The molecule has 3 rings (SSSR count). The maximum atomic E-state index is 10.0. The van der Waals surface area contributed by atoms with Crippen molar-refractivity contribution in [2.45, 2.75) is 45.6 Å². The molecule has 1 N–H and O–H groups in total. The topological polar surface area (TPSA) is 23.5 Å². The molecule has 0 bridgehead atoms. The second kappa shape index (κ2) is 5.16. The molecule has 1 heterocycles. The highest BCUT2D eigenvalue weighted by Crippen LogP contribution is 2.40. The van der Waals surface area contributed by atoms with Gasteiger partial charge in [-0.15, -0.1) is 0 Å². The van der Waals surface area contributed by atoms with Gasteiger partial charge in [0.25, 0.3) is 0 Å². The van der Waals surface area contributed by atoms with E-state index in [9.17, 15) is 5.11 Å². The summed E-state index contributed by atoms with van der Waals surface area (Å²) in [6, 6.07) is 6.60. The van der Waals surface area contributed by atoms with Crippen LogP contribution < -0.4 is 0 Å². The lowest BCUT2D eigenvalue weighted by molar-refractivity contribution is 0.205. The van der Waals surface area contributed by atoms with E-state index in [0.717, 1.165) is 18.3 Å². The Morgan fingerprint density at radius 1 is 1.26 bits per heavy atom. The van der Waals surface area contributed by atoms with Crippen LogP contribution in [-0.4, -0.2) is 23.1 Å². The number of rotatable bonds is 2. The van der Waals surface area contributed by atoms with Gasteiger partial charge in [-0.05, 0) is 61.3 Å². The SMILES string of the molecule is CC(C)C1CCN(C2CCCc3c(O)cccc32)C1. The Morgan fingerprint density at radius 2 is 2.11 bits per heavy atom. The van der Waals surface area contributed by atoms with Gasteiger partial charge in [-0.25, -0.2) is 0 Å². The summed E-state index contributed by atoms with van der Waals surface area (Å²) < 4.78 is 0. The molecule has 2 nitrogen and oxygen atoms in total. The van der Waals surface area contributed by atoms with E-state index in [0.29, 0.717) is 11.8 Å². The number of benzene rings is 1. The highest BCUT2D eigenvalue weighted by Gasteiger charge is 2.33. The van der Waals surface area contributed by atoms with Gasteiger partial charge < -0.3 is 5.11 Å². The van der Waals surface area contributed by atoms with Crippen molar-refractivity contribution in [1.29, 1.82) is 0 Å². The van der Waals surface area contributed by atoms with Gasteiger partial charge in [0, 0.05) is 12.6 Å². The molecule has 1 aromatic rings. The van der Waals surface area contributed by atoms with Gasteiger partial charge in [-0.3, -0.25) is 4.90 Å². The summed E-state index contributed by atoms with van der Waals surface area (Å²) in [4.78, 5) is 2.65. The van der Waals surface area contributed by atoms with Gasteiger partial charge in [-0.2, -0.15) is 0 Å². The number of fused-ring (bicyclic) bond motifs is 1. The molecular formula is C17H25NO. The van der Waals surface area contributed by atoms with Crippen LogP contribution in [0.4, 0.5) is 0 Å². The molecule has 0 aromatic heterocycles. The van der Waals surface area contributed by atoms with E-state index in [4.69, 9.17) is 0 Å². The molecule has 1 aliphatic heterocycles. The van der Waals surface area contributed by atoms with Crippen LogP contribution in [0.5, 0.6) is 5.75 Å². The minimum Gasteiger partial charge on any atom is -0.508 e. The first-order valence-electron chi connectivity index (χ1n) is 7.71. The van der Waals surface area contributed by atoms with Crippen LogP contribution in [0.25, 0.3) is 0 Å². The van der Waals surface area contributed by atoms with Crippen molar-refractivity contribution in [3.05, 3.63) is 29.3 Å². The zero-order valence-corrected chi connectivity index (χ0v) is 12.1. The summed E-state index contributed by atoms with van der Waals surface area (Å²) in [6.07, 6.45) is 4.83. The third kappa shape index (κ3) is 2.38. The number of hydrogen-bond donors (Lipinski definition) is 1. The van der Waals surface area contributed by atoms with E-state index in [1.54, 1.807) is 0 Å². The average molecular weight is 259 g/mol. The summed E-state index contributed by atoms with van der Waals surface area (Å²) in [5, 5.41) is 10.0.